The van der Waals surface area contributed by atoms with Gasteiger partial charge in [-0.15, -0.1) is 11.6 Å². The molecule has 0 saturated heterocycles. The van der Waals surface area contributed by atoms with Gasteiger partial charge in [0.25, 0.3) is 0 Å². The first kappa shape index (κ1) is 12.3. The smallest absolute Gasteiger partial charge is 0.387 e. The predicted octanol–water partition coefficient (Wildman–Crippen LogP) is 4.19. The Hall–Kier alpha value is -0.800. The average Bonchev–Trinajstić information content (AvgIpc) is 2.19. The Kier molecular flexibility index (Phi) is 4.36. The largest absolute Gasteiger partial charge is 0.434 e. The zero-order valence-electron chi connectivity index (χ0n) is 7.64. The maximum Gasteiger partial charge on any atom is 0.387 e. The van der Waals surface area contributed by atoms with Crippen molar-refractivity contribution in [2.45, 2.75) is 6.61 Å². The summed E-state index contributed by atoms with van der Waals surface area (Å²) in [5.41, 5.74) is 0.882. The van der Waals surface area contributed by atoms with Crippen LogP contribution in [0.2, 0.25) is 5.02 Å². The van der Waals surface area contributed by atoms with E-state index < -0.39 is 6.61 Å². The molecule has 82 valence electrons. The number of benzene rings is 1. The van der Waals surface area contributed by atoms with Crippen molar-refractivity contribution in [3.05, 3.63) is 35.4 Å². The van der Waals surface area contributed by atoms with Crippen molar-refractivity contribution < 1.29 is 13.5 Å². The highest BCUT2D eigenvalue weighted by atomic mass is 35.5. The summed E-state index contributed by atoms with van der Waals surface area (Å²) in [6, 6.07) is 4.32. The van der Waals surface area contributed by atoms with E-state index >= 15 is 0 Å². The average molecular weight is 253 g/mol. The van der Waals surface area contributed by atoms with Gasteiger partial charge in [-0.1, -0.05) is 18.2 Å². The van der Waals surface area contributed by atoms with Crippen molar-refractivity contribution in [1.82, 2.24) is 0 Å². The number of hydrogen-bond acceptors (Lipinski definition) is 1. The van der Waals surface area contributed by atoms with Gasteiger partial charge in [0.15, 0.2) is 0 Å². The van der Waals surface area contributed by atoms with Crippen LogP contribution in [0.5, 0.6) is 5.75 Å². The Bertz CT molecular complexity index is 366. The van der Waals surface area contributed by atoms with E-state index in [0.29, 0.717) is 16.2 Å². The molecule has 1 aromatic rings. The third-order valence-corrected chi connectivity index (χ3v) is 2.26. The number of rotatable bonds is 4. The summed E-state index contributed by atoms with van der Waals surface area (Å²) in [5.74, 6) is 0.153. The Morgan fingerprint density at radius 3 is 2.67 bits per heavy atom. The Balaban J connectivity index is 3.08. The molecule has 0 saturated carbocycles. The first-order valence-corrected chi connectivity index (χ1v) is 4.94. The van der Waals surface area contributed by atoms with Crippen molar-refractivity contribution in [3.8, 4) is 5.75 Å². The number of ether oxygens (including phenoxy) is 1. The van der Waals surface area contributed by atoms with E-state index in [4.69, 9.17) is 23.2 Å². The summed E-state index contributed by atoms with van der Waals surface area (Å²) >= 11 is 11.3. The van der Waals surface area contributed by atoms with Gasteiger partial charge < -0.3 is 4.74 Å². The van der Waals surface area contributed by atoms with E-state index in [1.807, 2.05) is 0 Å². The lowest BCUT2D eigenvalue weighted by Crippen LogP contribution is -2.04. The molecular weight excluding hydrogens is 245 g/mol. The maximum absolute atomic E-state index is 12.1. The van der Waals surface area contributed by atoms with Crippen LogP contribution in [0.1, 0.15) is 5.56 Å². The lowest BCUT2D eigenvalue weighted by atomic mass is 10.1. The fourth-order valence-corrected chi connectivity index (χ4v) is 1.37. The second kappa shape index (κ2) is 5.33. The van der Waals surface area contributed by atoms with Gasteiger partial charge >= 0.3 is 6.61 Å². The minimum atomic E-state index is -2.88. The zero-order valence-corrected chi connectivity index (χ0v) is 9.16. The monoisotopic (exact) mass is 252 g/mol. The normalized spacial score (nSPS) is 10.5. The summed E-state index contributed by atoms with van der Waals surface area (Å²) in [5, 5.41) is 0.415. The minimum Gasteiger partial charge on any atom is -0.434 e. The van der Waals surface area contributed by atoms with Crippen LogP contribution in [0, 0.1) is 0 Å². The second-order valence-electron chi connectivity index (χ2n) is 2.76. The molecule has 0 atom stereocenters. The molecule has 0 spiro atoms. The summed E-state index contributed by atoms with van der Waals surface area (Å²) in [6.45, 7) is 0.756. The topological polar surface area (TPSA) is 9.23 Å². The molecule has 0 fully saturated rings. The first-order valence-electron chi connectivity index (χ1n) is 4.03. The summed E-state index contributed by atoms with van der Waals surface area (Å²) in [7, 11) is 0. The van der Waals surface area contributed by atoms with Crippen molar-refractivity contribution in [2.75, 3.05) is 5.88 Å². The number of alkyl halides is 3. The van der Waals surface area contributed by atoms with Crippen LogP contribution >= 0.6 is 23.2 Å². The van der Waals surface area contributed by atoms with E-state index in [9.17, 15) is 8.78 Å². The van der Waals surface area contributed by atoms with E-state index in [0.717, 1.165) is 0 Å². The molecular formula is C10H8Cl2F2O. The minimum absolute atomic E-state index is 0.0278. The van der Waals surface area contributed by atoms with Gasteiger partial charge in [-0.3, -0.25) is 0 Å². The highest BCUT2D eigenvalue weighted by Crippen LogP contribution is 2.30. The molecule has 0 unspecified atom stereocenters. The Labute approximate surface area is 96.3 Å². The lowest BCUT2D eigenvalue weighted by molar-refractivity contribution is -0.0500. The van der Waals surface area contributed by atoms with Crippen molar-refractivity contribution in [1.29, 1.82) is 0 Å². The molecule has 0 N–H and O–H groups in total. The molecule has 1 nitrogen and oxygen atoms in total. The molecule has 0 aliphatic rings. The van der Waals surface area contributed by atoms with Crippen LogP contribution in [0.25, 0.3) is 5.57 Å². The summed E-state index contributed by atoms with van der Waals surface area (Å²) in [6.07, 6.45) is 0. The van der Waals surface area contributed by atoms with E-state index in [2.05, 4.69) is 11.3 Å². The number of allylic oxidation sites excluding steroid dienone is 1. The van der Waals surface area contributed by atoms with Crippen molar-refractivity contribution in [2.24, 2.45) is 0 Å². The third-order valence-electron chi connectivity index (χ3n) is 1.70. The second-order valence-corrected chi connectivity index (χ2v) is 3.46. The van der Waals surface area contributed by atoms with E-state index in [1.165, 1.54) is 18.2 Å². The van der Waals surface area contributed by atoms with Crippen LogP contribution in [0.3, 0.4) is 0 Å². The predicted molar refractivity (Wildman–Crippen MR) is 57.8 cm³/mol. The van der Waals surface area contributed by atoms with Gasteiger partial charge in [0, 0.05) is 16.5 Å². The molecule has 0 heterocycles. The number of halogens is 4. The molecule has 5 heteroatoms. The molecule has 1 aromatic carbocycles. The fourth-order valence-electron chi connectivity index (χ4n) is 1.05. The molecule has 0 amide bonds. The molecule has 0 aliphatic heterocycles. The van der Waals surface area contributed by atoms with Crippen molar-refractivity contribution >= 4 is 28.8 Å². The van der Waals surface area contributed by atoms with E-state index in [-0.39, 0.29) is 11.6 Å². The molecule has 0 bridgehead atoms. The first-order chi connectivity index (χ1) is 7.04. The van der Waals surface area contributed by atoms with Crippen LogP contribution in [0.4, 0.5) is 8.78 Å². The van der Waals surface area contributed by atoms with E-state index in [1.54, 1.807) is 0 Å². The van der Waals surface area contributed by atoms with Crippen LogP contribution in [-0.2, 0) is 0 Å². The zero-order chi connectivity index (χ0) is 11.4. The maximum atomic E-state index is 12.1. The fraction of sp³-hybridized carbons (Fsp3) is 0.200. The van der Waals surface area contributed by atoms with Crippen LogP contribution in [0.15, 0.2) is 24.8 Å². The lowest BCUT2D eigenvalue weighted by Gasteiger charge is -2.11. The highest BCUT2D eigenvalue weighted by molar-refractivity contribution is 6.31. The summed E-state index contributed by atoms with van der Waals surface area (Å²) in [4.78, 5) is 0. The molecule has 0 aliphatic carbocycles. The van der Waals surface area contributed by atoms with Gasteiger partial charge in [0.05, 0.1) is 0 Å². The standard InChI is InChI=1S/C10H8Cl2F2O/c1-6(5-11)8-4-7(12)2-3-9(8)15-10(13)14/h2-4,10H,1,5H2. The quantitative estimate of drug-likeness (QED) is 0.731. The SMILES string of the molecule is C=C(CCl)c1cc(Cl)ccc1OC(F)F. The molecule has 15 heavy (non-hydrogen) atoms. The summed E-state index contributed by atoms with van der Waals surface area (Å²) < 4.78 is 28.4. The highest BCUT2D eigenvalue weighted by Gasteiger charge is 2.11. The Morgan fingerprint density at radius 2 is 2.13 bits per heavy atom. The van der Waals surface area contributed by atoms with Crippen LogP contribution < -0.4 is 4.74 Å². The number of hydrogen-bond donors (Lipinski definition) is 0. The van der Waals surface area contributed by atoms with Gasteiger partial charge in [-0.05, 0) is 23.8 Å². The van der Waals surface area contributed by atoms with Gasteiger partial charge in [0.1, 0.15) is 5.75 Å². The van der Waals surface area contributed by atoms with Crippen LogP contribution in [-0.4, -0.2) is 12.5 Å². The third kappa shape index (κ3) is 3.36. The molecule has 0 radical (unpaired) electrons. The van der Waals surface area contributed by atoms with Gasteiger partial charge in [0.2, 0.25) is 0 Å². The molecule has 1 rings (SSSR count). The Morgan fingerprint density at radius 1 is 1.47 bits per heavy atom. The molecule has 0 aromatic heterocycles. The van der Waals surface area contributed by atoms with Gasteiger partial charge in [-0.2, -0.15) is 8.78 Å². The van der Waals surface area contributed by atoms with Gasteiger partial charge in [-0.25, -0.2) is 0 Å². The van der Waals surface area contributed by atoms with Crippen molar-refractivity contribution in [3.63, 3.8) is 0 Å².